The van der Waals surface area contributed by atoms with Crippen LogP contribution in [-0.4, -0.2) is 30.4 Å². The first-order valence-corrected chi connectivity index (χ1v) is 9.81. The van der Waals surface area contributed by atoms with E-state index in [-0.39, 0.29) is 24.4 Å². The lowest BCUT2D eigenvalue weighted by Crippen LogP contribution is -2.38. The quantitative estimate of drug-likeness (QED) is 0.752. The summed E-state index contributed by atoms with van der Waals surface area (Å²) < 4.78 is 0. The maximum absolute atomic E-state index is 12.3. The zero-order chi connectivity index (χ0) is 16.8. The summed E-state index contributed by atoms with van der Waals surface area (Å²) in [6.45, 7) is 2.70. The topological polar surface area (TPSA) is 32.3 Å². The van der Waals surface area contributed by atoms with E-state index in [1.807, 2.05) is 35.7 Å². The second kappa shape index (κ2) is 10.2. The summed E-state index contributed by atoms with van der Waals surface area (Å²) in [4.78, 5) is 15.6. The number of rotatable bonds is 5. The van der Waals surface area contributed by atoms with Crippen molar-refractivity contribution in [1.82, 2.24) is 10.2 Å². The van der Waals surface area contributed by atoms with E-state index < -0.39 is 0 Å². The number of benzene rings is 1. The van der Waals surface area contributed by atoms with E-state index in [0.29, 0.717) is 6.54 Å². The molecule has 3 nitrogen and oxygen atoms in total. The number of likely N-dealkylation sites (tertiary alicyclic amines) is 1. The minimum Gasteiger partial charge on any atom is -0.349 e. The van der Waals surface area contributed by atoms with Crippen molar-refractivity contribution in [1.29, 1.82) is 0 Å². The minimum atomic E-state index is -0.00289. The van der Waals surface area contributed by atoms with Crippen molar-refractivity contribution < 1.29 is 4.79 Å². The predicted octanol–water partition coefficient (Wildman–Crippen LogP) is 5.17. The van der Waals surface area contributed by atoms with E-state index in [2.05, 4.69) is 16.3 Å². The normalized spacial score (nSPS) is 16.5. The maximum Gasteiger partial charge on any atom is 0.261 e. The summed E-state index contributed by atoms with van der Waals surface area (Å²) in [6, 6.07) is 11.9. The van der Waals surface area contributed by atoms with Gasteiger partial charge in [0.05, 0.1) is 10.9 Å². The highest BCUT2D eigenvalue weighted by Crippen LogP contribution is 2.29. The van der Waals surface area contributed by atoms with Crippen molar-refractivity contribution in [2.75, 3.05) is 19.6 Å². The second-order valence-corrected chi connectivity index (χ2v) is 7.53. The van der Waals surface area contributed by atoms with Gasteiger partial charge in [-0.3, -0.25) is 9.69 Å². The first-order chi connectivity index (χ1) is 11.8. The van der Waals surface area contributed by atoms with Gasteiger partial charge in [0.2, 0.25) is 0 Å². The van der Waals surface area contributed by atoms with Crippen LogP contribution in [0.4, 0.5) is 0 Å². The molecule has 1 unspecified atom stereocenters. The Labute approximate surface area is 164 Å². The molecule has 0 bridgehead atoms. The largest absolute Gasteiger partial charge is 0.349 e. The molecule has 1 atom stereocenters. The molecule has 136 valence electrons. The average Bonchev–Trinajstić information content (AvgIpc) is 3.00. The van der Waals surface area contributed by atoms with Crippen LogP contribution in [0.3, 0.4) is 0 Å². The first-order valence-electron chi connectivity index (χ1n) is 8.56. The molecule has 0 aliphatic carbocycles. The van der Waals surface area contributed by atoms with Gasteiger partial charge in [0, 0.05) is 11.6 Å². The van der Waals surface area contributed by atoms with E-state index in [9.17, 15) is 4.79 Å². The molecule has 1 aliphatic rings. The number of carbonyl (C=O) groups excluding carboxylic acids is 1. The minimum absolute atomic E-state index is 0. The molecular weight excluding hydrogens is 375 g/mol. The number of nitrogens with zero attached hydrogens (tertiary/aromatic N) is 1. The van der Waals surface area contributed by atoms with Gasteiger partial charge >= 0.3 is 0 Å². The van der Waals surface area contributed by atoms with E-state index in [0.717, 1.165) is 28.6 Å². The van der Waals surface area contributed by atoms with Crippen LogP contribution in [0.2, 0.25) is 5.02 Å². The number of carbonyl (C=O) groups is 1. The van der Waals surface area contributed by atoms with Crippen molar-refractivity contribution >= 4 is 41.3 Å². The zero-order valence-electron chi connectivity index (χ0n) is 14.1. The lowest BCUT2D eigenvalue weighted by atomic mass is 10.0. The Bertz CT molecular complexity index is 655. The molecule has 25 heavy (non-hydrogen) atoms. The highest BCUT2D eigenvalue weighted by Gasteiger charge is 2.24. The van der Waals surface area contributed by atoms with Crippen LogP contribution in [-0.2, 0) is 0 Å². The van der Waals surface area contributed by atoms with Crippen LogP contribution < -0.4 is 5.32 Å². The standard InChI is InChI=1S/C19H23ClN2OS.ClH/c20-16-9-4-3-8-15(16)17(22-11-5-1-2-6-12-22)14-21-19(23)18-10-7-13-24-18;/h3-4,7-10,13,17H,1-2,5-6,11-12,14H2,(H,21,23);1H. The molecule has 3 rings (SSSR count). The number of amides is 1. The van der Waals surface area contributed by atoms with Gasteiger partial charge in [-0.05, 0) is 49.0 Å². The van der Waals surface area contributed by atoms with Crippen LogP contribution >= 0.6 is 35.3 Å². The maximum atomic E-state index is 12.3. The van der Waals surface area contributed by atoms with Crippen molar-refractivity contribution in [3.8, 4) is 0 Å². The highest BCUT2D eigenvalue weighted by molar-refractivity contribution is 7.12. The molecule has 2 aromatic rings. The smallest absolute Gasteiger partial charge is 0.261 e. The van der Waals surface area contributed by atoms with E-state index >= 15 is 0 Å². The summed E-state index contributed by atoms with van der Waals surface area (Å²) >= 11 is 7.93. The third-order valence-electron chi connectivity index (χ3n) is 4.55. The van der Waals surface area contributed by atoms with Crippen LogP contribution in [0, 0.1) is 0 Å². The molecular formula is C19H24Cl2N2OS. The van der Waals surface area contributed by atoms with E-state index in [1.54, 1.807) is 0 Å². The zero-order valence-corrected chi connectivity index (χ0v) is 16.5. The molecule has 0 spiro atoms. The van der Waals surface area contributed by atoms with Gasteiger partial charge in [0.1, 0.15) is 0 Å². The summed E-state index contributed by atoms with van der Waals surface area (Å²) in [5.74, 6) is -0.00289. The highest BCUT2D eigenvalue weighted by atomic mass is 35.5. The Hall–Kier alpha value is -1.07. The molecule has 1 aromatic heterocycles. The molecule has 2 heterocycles. The fourth-order valence-electron chi connectivity index (χ4n) is 3.27. The Morgan fingerprint density at radius 1 is 1.12 bits per heavy atom. The van der Waals surface area contributed by atoms with E-state index in [4.69, 9.17) is 11.6 Å². The second-order valence-electron chi connectivity index (χ2n) is 6.17. The lowest BCUT2D eigenvalue weighted by molar-refractivity contribution is 0.0937. The summed E-state index contributed by atoms with van der Waals surface area (Å²) in [7, 11) is 0. The van der Waals surface area contributed by atoms with Crippen molar-refractivity contribution in [3.63, 3.8) is 0 Å². The fourth-order valence-corrected chi connectivity index (χ4v) is 4.17. The van der Waals surface area contributed by atoms with Gasteiger partial charge in [0.15, 0.2) is 0 Å². The SMILES string of the molecule is Cl.O=C(NCC(c1ccccc1Cl)N1CCCCCC1)c1cccs1. The molecule has 1 amide bonds. The number of halogens is 2. The van der Waals surface area contributed by atoms with Crippen molar-refractivity contribution in [2.45, 2.75) is 31.7 Å². The monoisotopic (exact) mass is 398 g/mol. The Balaban J connectivity index is 0.00000225. The van der Waals surface area contributed by atoms with Gasteiger partial charge in [-0.15, -0.1) is 23.7 Å². The molecule has 1 N–H and O–H groups in total. The third-order valence-corrected chi connectivity index (χ3v) is 5.76. The van der Waals surface area contributed by atoms with Crippen molar-refractivity contribution in [3.05, 3.63) is 57.2 Å². The average molecular weight is 399 g/mol. The molecule has 6 heteroatoms. The van der Waals surface area contributed by atoms with Crippen molar-refractivity contribution in [2.24, 2.45) is 0 Å². The van der Waals surface area contributed by atoms with Crippen LogP contribution in [0.1, 0.15) is 47.0 Å². The molecule has 0 saturated carbocycles. The van der Waals surface area contributed by atoms with Gasteiger partial charge in [-0.2, -0.15) is 0 Å². The summed E-state index contributed by atoms with van der Waals surface area (Å²) in [5, 5.41) is 5.80. The molecule has 1 aliphatic heterocycles. The molecule has 1 fully saturated rings. The molecule has 1 aromatic carbocycles. The van der Waals surface area contributed by atoms with Gasteiger partial charge in [-0.1, -0.05) is 48.7 Å². The van der Waals surface area contributed by atoms with Gasteiger partial charge < -0.3 is 5.32 Å². The third kappa shape index (κ3) is 5.45. The fraction of sp³-hybridized carbons (Fsp3) is 0.421. The van der Waals surface area contributed by atoms with E-state index in [1.165, 1.54) is 37.0 Å². The molecule has 0 radical (unpaired) electrons. The van der Waals surface area contributed by atoms with Gasteiger partial charge in [0.25, 0.3) is 5.91 Å². The van der Waals surface area contributed by atoms with Gasteiger partial charge in [-0.25, -0.2) is 0 Å². The number of hydrogen-bond donors (Lipinski definition) is 1. The Kier molecular flexibility index (Phi) is 8.24. The lowest BCUT2D eigenvalue weighted by Gasteiger charge is -2.31. The number of thiophene rings is 1. The van der Waals surface area contributed by atoms with Crippen LogP contribution in [0.25, 0.3) is 0 Å². The Morgan fingerprint density at radius 3 is 2.48 bits per heavy atom. The predicted molar refractivity (Wildman–Crippen MR) is 108 cm³/mol. The van der Waals surface area contributed by atoms with Crippen LogP contribution in [0.5, 0.6) is 0 Å². The summed E-state index contributed by atoms with van der Waals surface area (Å²) in [6.07, 6.45) is 4.99. The van der Waals surface area contributed by atoms with Crippen LogP contribution in [0.15, 0.2) is 41.8 Å². The number of hydrogen-bond acceptors (Lipinski definition) is 3. The first kappa shape index (κ1) is 20.2. The Morgan fingerprint density at radius 2 is 1.84 bits per heavy atom. The molecule has 1 saturated heterocycles. The summed E-state index contributed by atoms with van der Waals surface area (Å²) in [5.41, 5.74) is 1.10. The number of nitrogens with one attached hydrogen (secondary N) is 1.